The smallest absolute Gasteiger partial charge is 0.243 e. The van der Waals surface area contributed by atoms with Gasteiger partial charge in [-0.2, -0.15) is 5.75 Å². The third kappa shape index (κ3) is 10.9. The van der Waals surface area contributed by atoms with Crippen molar-refractivity contribution in [2.24, 2.45) is 11.5 Å². The number of rotatable bonds is 12. The molecule has 0 aliphatic carbocycles. The van der Waals surface area contributed by atoms with E-state index >= 15 is 0 Å². The normalized spacial score (nSPS) is 13.0. The number of nitrogens with one attached hydrogen (secondary N) is 2. The molecule has 171 valence electrons. The van der Waals surface area contributed by atoms with Crippen molar-refractivity contribution in [3.05, 3.63) is 29.8 Å². The Balaban J connectivity index is 0. The van der Waals surface area contributed by atoms with Crippen LogP contribution in [-0.4, -0.2) is 48.2 Å². The van der Waals surface area contributed by atoms with Crippen LogP contribution in [0.2, 0.25) is 0 Å². The quantitative estimate of drug-likeness (QED) is 0.141. The Morgan fingerprint density at radius 3 is 2.10 bits per heavy atom. The molecule has 0 heterocycles. The number of hydrogen-bond acceptors (Lipinski definition) is 8. The summed E-state index contributed by atoms with van der Waals surface area (Å²) in [5.41, 5.74) is 11.9. The van der Waals surface area contributed by atoms with Crippen molar-refractivity contribution in [3.8, 4) is 5.75 Å². The molecule has 0 fully saturated rings. The Hall–Kier alpha value is -1.68. The van der Waals surface area contributed by atoms with Crippen LogP contribution in [0.15, 0.2) is 24.3 Å². The molecule has 10 nitrogen and oxygen atoms in total. The van der Waals surface area contributed by atoms with Crippen LogP contribution >= 0.6 is 0 Å². The van der Waals surface area contributed by atoms with E-state index in [2.05, 4.69) is 10.6 Å². The number of unbranched alkanes of at least 4 members (excludes halogenated alkanes) is 1. The number of nitrogens with two attached hydrogens (primary N) is 2. The fraction of sp³-hybridized carbons (Fsp3) is 0.500. The van der Waals surface area contributed by atoms with Crippen molar-refractivity contribution in [2.45, 2.75) is 43.8 Å². The zero-order valence-corrected chi connectivity index (χ0v) is 19.7. The Morgan fingerprint density at radius 2 is 1.60 bits per heavy atom. The summed E-state index contributed by atoms with van der Waals surface area (Å²) in [5.74, 6) is -3.26. The maximum absolute atomic E-state index is 12.5. The van der Waals surface area contributed by atoms with Crippen molar-refractivity contribution in [1.82, 2.24) is 10.6 Å². The van der Waals surface area contributed by atoms with Gasteiger partial charge in [-0.25, -0.2) is 0 Å². The van der Waals surface area contributed by atoms with Crippen LogP contribution in [0.4, 0.5) is 0 Å². The van der Waals surface area contributed by atoms with Gasteiger partial charge in [-0.05, 0) is 24.9 Å². The van der Waals surface area contributed by atoms with E-state index in [1.54, 1.807) is 0 Å². The Morgan fingerprint density at radius 1 is 1.03 bits per heavy atom. The zero-order valence-electron chi connectivity index (χ0n) is 16.2. The first kappa shape index (κ1) is 30.5. The average Bonchev–Trinajstić information content (AvgIpc) is 2.66. The van der Waals surface area contributed by atoms with Gasteiger partial charge in [-0.3, -0.25) is 9.59 Å². The topological polar surface area (TPSA) is 202 Å². The first-order chi connectivity index (χ1) is 13.3. The Bertz CT molecular complexity index is 665. The van der Waals surface area contributed by atoms with Crippen molar-refractivity contribution in [1.29, 1.82) is 0 Å². The summed E-state index contributed by atoms with van der Waals surface area (Å²) in [6.45, 7) is 0.487. The van der Waals surface area contributed by atoms with E-state index in [4.69, 9.17) is 24.1 Å². The van der Waals surface area contributed by atoms with Gasteiger partial charge in [0.05, 0.1) is 12.0 Å². The molecule has 12 heteroatoms. The van der Waals surface area contributed by atoms with Gasteiger partial charge in [-0.15, -0.1) is 5.75 Å². The fourth-order valence-corrected chi connectivity index (χ4v) is 2.65. The molecule has 0 saturated carbocycles. The minimum absolute atomic E-state index is 0. The van der Waals surface area contributed by atoms with Crippen molar-refractivity contribution in [3.63, 3.8) is 0 Å². The summed E-state index contributed by atoms with van der Waals surface area (Å²) in [5, 5.41) is 27.0. The molecule has 1 aromatic rings. The number of aliphatic carboxylic acids is 1. The molecular formula is C18H25N4O6ReS-5. The molecule has 0 bridgehead atoms. The van der Waals surface area contributed by atoms with E-state index in [-0.39, 0.29) is 43.8 Å². The molecule has 1 aromatic carbocycles. The molecule has 6 N–H and O–H groups in total. The van der Waals surface area contributed by atoms with Crippen LogP contribution in [0.1, 0.15) is 24.8 Å². The van der Waals surface area contributed by atoms with Crippen LogP contribution in [-0.2, 0) is 59.3 Å². The molecule has 0 spiro atoms. The van der Waals surface area contributed by atoms with E-state index in [9.17, 15) is 24.6 Å². The number of carboxylic acid groups (broad SMARTS) is 1. The average molecular weight is 612 g/mol. The van der Waals surface area contributed by atoms with E-state index in [0.29, 0.717) is 24.9 Å². The second kappa shape index (κ2) is 16.1. The molecule has 1 radical (unpaired) electrons. The van der Waals surface area contributed by atoms with Gasteiger partial charge in [-0.1, -0.05) is 30.7 Å². The van der Waals surface area contributed by atoms with Crippen molar-refractivity contribution < 1.29 is 50.5 Å². The van der Waals surface area contributed by atoms with Crippen LogP contribution in [0.5, 0.6) is 5.75 Å². The van der Waals surface area contributed by atoms with Gasteiger partial charge in [0.1, 0.15) is 6.04 Å². The minimum Gasteiger partial charge on any atom is -2.00 e. The molecular weight excluding hydrogens is 586 g/mol. The minimum atomic E-state index is -1.51. The van der Waals surface area contributed by atoms with E-state index in [0.717, 1.165) is 6.42 Å². The number of hydrogen-bond donors (Lipinski definition) is 4. The molecule has 1 rings (SSSR count). The number of carbonyl (C=O) groups is 3. The SMILES string of the molecule is NCCCC[C@@H](N)C(=O)N[C@@H](Cc1ccc([O-])cc1)C(=O)N[C@@H](C[S-])C(=O)[O-].[O-2].[Re]. The van der Waals surface area contributed by atoms with Crippen molar-refractivity contribution >= 4 is 30.4 Å². The third-order valence-electron chi connectivity index (χ3n) is 4.07. The van der Waals surface area contributed by atoms with E-state index < -0.39 is 35.9 Å². The summed E-state index contributed by atoms with van der Waals surface area (Å²) >= 11 is 4.70. The maximum atomic E-state index is 12.5. The molecule has 0 aromatic heterocycles. The molecule has 2 amide bonds. The van der Waals surface area contributed by atoms with Crippen LogP contribution in [0.25, 0.3) is 0 Å². The summed E-state index contributed by atoms with van der Waals surface area (Å²) in [7, 11) is 0. The van der Waals surface area contributed by atoms with Crippen LogP contribution in [0, 0.1) is 0 Å². The monoisotopic (exact) mass is 612 g/mol. The second-order valence-corrected chi connectivity index (χ2v) is 6.68. The van der Waals surface area contributed by atoms with Gasteiger partial charge in [0.25, 0.3) is 0 Å². The number of carbonyl (C=O) groups excluding carboxylic acids is 3. The molecule has 30 heavy (non-hydrogen) atoms. The number of benzene rings is 1. The molecule has 0 unspecified atom stereocenters. The predicted octanol–water partition coefficient (Wildman–Crippen LogP) is -3.10. The molecule has 0 aliphatic rings. The summed E-state index contributed by atoms with van der Waals surface area (Å²) < 4.78 is 0. The van der Waals surface area contributed by atoms with Gasteiger partial charge >= 0.3 is 0 Å². The molecule has 0 saturated heterocycles. The maximum Gasteiger partial charge on any atom is 0.243 e. The third-order valence-corrected chi connectivity index (χ3v) is 4.40. The van der Waals surface area contributed by atoms with Gasteiger partial charge in [0.2, 0.25) is 11.8 Å². The van der Waals surface area contributed by atoms with Gasteiger partial charge in [0.15, 0.2) is 0 Å². The first-order valence-electron chi connectivity index (χ1n) is 8.89. The largest absolute Gasteiger partial charge is 2.00 e. The van der Waals surface area contributed by atoms with Gasteiger partial charge in [0, 0.05) is 32.9 Å². The standard InChI is InChI=1S/C18H28N4O5S.O.Re/c19-8-2-1-3-13(20)16(24)21-14(9-11-4-6-12(23)7-5-11)17(25)22-15(10-28)18(26)27;;/h4-7,13-15,23,28H,1-3,8-10,19-20H2,(H,21,24)(H,22,25)(H,26,27);;/q;-2;/p-3/t13-,14+,15+;;/m1../s1. The van der Waals surface area contributed by atoms with Crippen molar-refractivity contribution in [2.75, 3.05) is 12.3 Å². The Kier molecular flexibility index (Phi) is 16.3. The summed E-state index contributed by atoms with van der Waals surface area (Å²) in [6.07, 6.45) is 1.83. The van der Waals surface area contributed by atoms with E-state index in [1.165, 1.54) is 24.3 Å². The number of carboxylic acids is 1. The fourth-order valence-electron chi connectivity index (χ4n) is 2.43. The summed E-state index contributed by atoms with van der Waals surface area (Å²) in [4.78, 5) is 35.9. The zero-order chi connectivity index (χ0) is 21.1. The molecule has 0 aliphatic heterocycles. The van der Waals surface area contributed by atoms with Crippen LogP contribution < -0.4 is 32.3 Å². The molecule has 3 atom stereocenters. The Labute approximate surface area is 194 Å². The number of amides is 2. The van der Waals surface area contributed by atoms with Gasteiger partial charge < -0.3 is 55.2 Å². The van der Waals surface area contributed by atoms with E-state index in [1.807, 2.05) is 0 Å². The van der Waals surface area contributed by atoms with Crippen LogP contribution in [0.3, 0.4) is 0 Å². The first-order valence-corrected chi connectivity index (χ1v) is 9.47. The predicted molar refractivity (Wildman–Crippen MR) is 102 cm³/mol. The second-order valence-electron chi connectivity index (χ2n) is 6.35. The summed E-state index contributed by atoms with van der Waals surface area (Å²) in [6, 6.07) is 2.44.